The molecule has 22 heavy (non-hydrogen) atoms. The van der Waals surface area contributed by atoms with Crippen LogP contribution in [0.3, 0.4) is 0 Å². The van der Waals surface area contributed by atoms with Gasteiger partial charge in [0.15, 0.2) is 0 Å². The van der Waals surface area contributed by atoms with Gasteiger partial charge in [0.05, 0.1) is 17.9 Å². The summed E-state index contributed by atoms with van der Waals surface area (Å²) in [5.41, 5.74) is 0.988. The van der Waals surface area contributed by atoms with Crippen LogP contribution in [-0.2, 0) is 19.6 Å². The summed E-state index contributed by atoms with van der Waals surface area (Å²) in [6, 6.07) is 6.11. The van der Waals surface area contributed by atoms with Gasteiger partial charge in [0, 0.05) is 10.5 Å². The van der Waals surface area contributed by atoms with Crippen LogP contribution in [-0.4, -0.2) is 31.5 Å². The van der Waals surface area contributed by atoms with Crippen molar-refractivity contribution in [3.63, 3.8) is 0 Å². The first kappa shape index (κ1) is 19.4. The number of alkyl halides is 1. The molecule has 0 saturated heterocycles. The zero-order valence-electron chi connectivity index (χ0n) is 13.0. The molecule has 1 atom stereocenters. The van der Waals surface area contributed by atoms with E-state index in [-0.39, 0.29) is 23.2 Å². The number of hydrogen-bond acceptors (Lipinski definition) is 4. The van der Waals surface area contributed by atoms with Gasteiger partial charge in [-0.15, -0.1) is 0 Å². The van der Waals surface area contributed by atoms with Crippen LogP contribution >= 0.6 is 22.6 Å². The molecular weight excluding hydrogens is 417 g/mol. The van der Waals surface area contributed by atoms with E-state index in [1.54, 1.807) is 24.3 Å². The van der Waals surface area contributed by atoms with Crippen LogP contribution in [0.15, 0.2) is 29.2 Å². The Morgan fingerprint density at radius 3 is 2.36 bits per heavy atom. The molecule has 7 heteroatoms. The minimum absolute atomic E-state index is 0.0285. The maximum absolute atomic E-state index is 12.3. The maximum Gasteiger partial charge on any atom is 0.307 e. The molecule has 1 aromatic carbocycles. The molecule has 0 aromatic heterocycles. The number of carbonyl (C=O) groups excluding carboxylic acids is 1. The normalized spacial score (nSPS) is 13.1. The highest BCUT2D eigenvalue weighted by atomic mass is 127. The Kier molecular flexibility index (Phi) is 7.78. The molecular formula is C15H22INO4S. The van der Waals surface area contributed by atoms with E-state index < -0.39 is 16.1 Å². The van der Waals surface area contributed by atoms with Crippen molar-refractivity contribution in [3.8, 4) is 0 Å². The van der Waals surface area contributed by atoms with Crippen molar-refractivity contribution < 1.29 is 17.9 Å². The third kappa shape index (κ3) is 6.62. The summed E-state index contributed by atoms with van der Waals surface area (Å²) in [7, 11) is -3.63. The lowest BCUT2D eigenvalue weighted by molar-refractivity contribution is -0.145. The quantitative estimate of drug-likeness (QED) is 0.384. The number of ether oxygens (including phenoxy) is 1. The lowest BCUT2D eigenvalue weighted by Gasteiger charge is -2.16. The summed E-state index contributed by atoms with van der Waals surface area (Å²) in [4.78, 5) is 11.9. The molecule has 0 radical (unpaired) electrons. The molecule has 0 saturated carbocycles. The van der Waals surface area contributed by atoms with Gasteiger partial charge in [-0.3, -0.25) is 4.79 Å². The molecule has 1 rings (SSSR count). The Morgan fingerprint density at radius 1 is 1.27 bits per heavy atom. The molecule has 0 spiro atoms. The van der Waals surface area contributed by atoms with Crippen molar-refractivity contribution in [3.05, 3.63) is 29.8 Å². The third-order valence-electron chi connectivity index (χ3n) is 2.83. The number of benzene rings is 1. The van der Waals surface area contributed by atoms with Crippen LogP contribution < -0.4 is 4.72 Å². The summed E-state index contributed by atoms with van der Waals surface area (Å²) in [5, 5.41) is 0. The molecule has 0 aliphatic heterocycles. The zero-order chi connectivity index (χ0) is 16.8. The Morgan fingerprint density at radius 2 is 1.86 bits per heavy atom. The van der Waals surface area contributed by atoms with E-state index in [2.05, 4.69) is 27.3 Å². The highest BCUT2D eigenvalue weighted by Gasteiger charge is 2.22. The van der Waals surface area contributed by atoms with E-state index in [4.69, 9.17) is 4.74 Å². The van der Waals surface area contributed by atoms with Gasteiger partial charge in [-0.2, -0.15) is 0 Å². The summed E-state index contributed by atoms with van der Waals surface area (Å²) < 4.78 is 32.7. The minimum atomic E-state index is -3.63. The third-order valence-corrected chi connectivity index (χ3v) is 5.43. The van der Waals surface area contributed by atoms with Crippen LogP contribution in [0.4, 0.5) is 0 Å². The van der Waals surface area contributed by atoms with E-state index in [0.717, 1.165) is 5.56 Å². The maximum atomic E-state index is 12.3. The molecule has 0 amide bonds. The topological polar surface area (TPSA) is 72.5 Å². The summed E-state index contributed by atoms with van der Waals surface area (Å²) in [5.74, 6) is -0.131. The van der Waals surface area contributed by atoms with E-state index >= 15 is 0 Å². The fourth-order valence-corrected chi connectivity index (χ4v) is 3.72. The second-order valence-electron chi connectivity index (χ2n) is 5.57. The van der Waals surface area contributed by atoms with E-state index in [1.807, 2.05) is 20.8 Å². The largest absolute Gasteiger partial charge is 0.465 e. The van der Waals surface area contributed by atoms with Crippen LogP contribution in [0, 0.1) is 12.8 Å². The van der Waals surface area contributed by atoms with Crippen molar-refractivity contribution in [1.29, 1.82) is 0 Å². The molecule has 1 N–H and O–H groups in total. The van der Waals surface area contributed by atoms with Crippen molar-refractivity contribution in [1.82, 2.24) is 4.72 Å². The number of rotatable bonds is 8. The van der Waals surface area contributed by atoms with Gasteiger partial charge in [-0.25, -0.2) is 13.1 Å². The van der Waals surface area contributed by atoms with E-state index in [1.165, 1.54) is 0 Å². The Bertz CT molecular complexity index is 584. The fraction of sp³-hybridized carbons (Fsp3) is 0.533. The standard InChI is InChI=1S/C15H22INO4S/c1-11(2)10-21-15(18)8-13(9-16)17-22(19,20)14-6-4-12(3)5-7-14/h4-7,11,13,17H,8-10H2,1-3H3. The van der Waals surface area contributed by atoms with Crippen LogP contribution in [0.5, 0.6) is 0 Å². The predicted octanol–water partition coefficient (Wildman–Crippen LogP) is 2.67. The highest BCUT2D eigenvalue weighted by Crippen LogP contribution is 2.12. The summed E-state index contributed by atoms with van der Waals surface area (Å²) in [6.45, 7) is 6.13. The van der Waals surface area contributed by atoms with Crippen molar-refractivity contribution in [2.75, 3.05) is 11.0 Å². The number of aryl methyl sites for hydroxylation is 1. The number of esters is 1. The molecule has 0 aliphatic carbocycles. The van der Waals surface area contributed by atoms with Crippen molar-refractivity contribution >= 4 is 38.6 Å². The van der Waals surface area contributed by atoms with Crippen LogP contribution in [0.25, 0.3) is 0 Å². The molecule has 124 valence electrons. The molecule has 0 fully saturated rings. The van der Waals surface area contributed by atoms with Gasteiger partial charge >= 0.3 is 5.97 Å². The first-order valence-electron chi connectivity index (χ1n) is 7.05. The van der Waals surface area contributed by atoms with Crippen LogP contribution in [0.1, 0.15) is 25.8 Å². The molecule has 1 unspecified atom stereocenters. The second kappa shape index (κ2) is 8.83. The van der Waals surface area contributed by atoms with Gasteiger partial charge < -0.3 is 4.74 Å². The number of halogens is 1. The zero-order valence-corrected chi connectivity index (χ0v) is 16.0. The predicted molar refractivity (Wildman–Crippen MR) is 94.6 cm³/mol. The molecule has 0 bridgehead atoms. The second-order valence-corrected chi connectivity index (χ2v) is 8.16. The molecule has 1 aromatic rings. The van der Waals surface area contributed by atoms with Gasteiger partial charge in [0.1, 0.15) is 0 Å². The summed E-state index contributed by atoms with van der Waals surface area (Å²) in [6.07, 6.45) is 0.0285. The lowest BCUT2D eigenvalue weighted by atomic mass is 10.2. The summed E-state index contributed by atoms with van der Waals surface area (Å²) >= 11 is 2.05. The number of hydrogen-bond donors (Lipinski definition) is 1. The van der Waals surface area contributed by atoms with Crippen LogP contribution in [0.2, 0.25) is 0 Å². The van der Waals surface area contributed by atoms with Gasteiger partial charge in [0.25, 0.3) is 0 Å². The monoisotopic (exact) mass is 439 g/mol. The highest BCUT2D eigenvalue weighted by molar-refractivity contribution is 14.1. The number of carbonyl (C=O) groups is 1. The average Bonchev–Trinajstić information content (AvgIpc) is 2.44. The average molecular weight is 439 g/mol. The van der Waals surface area contributed by atoms with Gasteiger partial charge in [0.2, 0.25) is 10.0 Å². The Balaban J connectivity index is 2.68. The van der Waals surface area contributed by atoms with Gasteiger partial charge in [-0.1, -0.05) is 54.1 Å². The number of sulfonamides is 1. The van der Waals surface area contributed by atoms with Gasteiger partial charge in [-0.05, 0) is 25.0 Å². The molecule has 5 nitrogen and oxygen atoms in total. The lowest BCUT2D eigenvalue weighted by Crippen LogP contribution is -2.38. The smallest absolute Gasteiger partial charge is 0.307 e. The minimum Gasteiger partial charge on any atom is -0.465 e. The first-order chi connectivity index (χ1) is 10.2. The van der Waals surface area contributed by atoms with E-state index in [0.29, 0.717) is 11.0 Å². The SMILES string of the molecule is Cc1ccc(S(=O)(=O)NC(CI)CC(=O)OCC(C)C)cc1. The first-order valence-corrected chi connectivity index (χ1v) is 10.1. The number of nitrogens with one attached hydrogen (secondary N) is 1. The van der Waals surface area contributed by atoms with E-state index in [9.17, 15) is 13.2 Å². The van der Waals surface area contributed by atoms with Crippen molar-refractivity contribution in [2.24, 2.45) is 5.92 Å². The van der Waals surface area contributed by atoms with Crippen molar-refractivity contribution in [2.45, 2.75) is 38.1 Å². The Hall–Kier alpha value is -0.670. The molecule has 0 heterocycles. The molecule has 0 aliphatic rings. The Labute approximate surface area is 146 Å². The fourth-order valence-electron chi connectivity index (χ4n) is 1.65.